The number of hydrogen-bond acceptors (Lipinski definition) is 7. The van der Waals surface area contributed by atoms with Gasteiger partial charge in [-0.25, -0.2) is 4.79 Å². The van der Waals surface area contributed by atoms with E-state index in [0.717, 1.165) is 12.1 Å². The molecule has 1 aromatic heterocycles. The lowest BCUT2D eigenvalue weighted by Crippen LogP contribution is -2.45. The van der Waals surface area contributed by atoms with Crippen molar-refractivity contribution < 1.29 is 27.5 Å². The van der Waals surface area contributed by atoms with Crippen LogP contribution in [0.4, 0.5) is 18.9 Å². The van der Waals surface area contributed by atoms with Crippen molar-refractivity contribution in [2.24, 2.45) is 0 Å². The minimum absolute atomic E-state index is 0.115. The fourth-order valence-corrected chi connectivity index (χ4v) is 5.81. The number of rotatable bonds is 7. The Morgan fingerprint density at radius 2 is 1.82 bits per heavy atom. The maximum absolute atomic E-state index is 14.5. The van der Waals surface area contributed by atoms with Gasteiger partial charge in [0.2, 0.25) is 0 Å². The second-order valence-corrected chi connectivity index (χ2v) is 12.7. The van der Waals surface area contributed by atoms with E-state index in [4.69, 9.17) is 4.74 Å². The fourth-order valence-electron chi connectivity index (χ4n) is 5.81. The summed E-state index contributed by atoms with van der Waals surface area (Å²) < 4.78 is 47.4. The topological polar surface area (TPSA) is 86.5 Å². The molecule has 0 spiro atoms. The van der Waals surface area contributed by atoms with Gasteiger partial charge in [0.25, 0.3) is 0 Å². The molecule has 7 nitrogen and oxygen atoms in total. The first-order chi connectivity index (χ1) is 23.2. The number of anilines is 1. The molecule has 0 fully saturated rings. The monoisotopic (exact) mass is 664 g/mol. The highest BCUT2D eigenvalue weighted by Gasteiger charge is 2.40. The summed E-state index contributed by atoms with van der Waals surface area (Å²) in [4.78, 5) is 35.1. The molecule has 1 unspecified atom stereocenters. The number of carbonyl (C=O) groups excluding carboxylic acids is 2. The number of pyridine rings is 1. The third-order valence-electron chi connectivity index (χ3n) is 8.00. The smallest absolute Gasteiger partial charge is 0.416 e. The maximum Gasteiger partial charge on any atom is 0.416 e. The predicted molar refractivity (Wildman–Crippen MR) is 181 cm³/mol. The van der Waals surface area contributed by atoms with Crippen molar-refractivity contribution in [1.29, 1.82) is 5.26 Å². The number of hydrogen-bond donors (Lipinski definition) is 0. The SMILES string of the molecule is C=C1N(c2cccc(C(F)(F)F)c2)C(C)=C(C(=O)c2cccnc2)C(c2ccc(C#N)cc2)N1CC1=CCC=CC(C(=O)OC(C)(C)C)=C1. The number of aromatic nitrogens is 1. The van der Waals surface area contributed by atoms with Crippen LogP contribution in [-0.2, 0) is 15.7 Å². The van der Waals surface area contributed by atoms with Crippen LogP contribution >= 0.6 is 0 Å². The molecule has 1 atom stereocenters. The number of halogens is 3. The van der Waals surface area contributed by atoms with Crippen molar-refractivity contribution >= 4 is 17.4 Å². The molecule has 250 valence electrons. The highest BCUT2D eigenvalue weighted by molar-refractivity contribution is 6.10. The maximum atomic E-state index is 14.5. The molecule has 0 bridgehead atoms. The van der Waals surface area contributed by atoms with Crippen molar-refractivity contribution in [3.8, 4) is 6.07 Å². The molecular formula is C39H35F3N4O3. The van der Waals surface area contributed by atoms with Gasteiger partial charge in [0.1, 0.15) is 11.4 Å². The van der Waals surface area contributed by atoms with E-state index in [-0.39, 0.29) is 29.2 Å². The second-order valence-electron chi connectivity index (χ2n) is 12.7. The largest absolute Gasteiger partial charge is 0.456 e. The Morgan fingerprint density at radius 3 is 2.45 bits per heavy atom. The number of nitrogens with zero attached hydrogens (tertiary/aromatic N) is 4. The van der Waals surface area contributed by atoms with E-state index in [2.05, 4.69) is 17.6 Å². The highest BCUT2D eigenvalue weighted by atomic mass is 19.4. The molecule has 0 radical (unpaired) electrons. The molecule has 0 N–H and O–H groups in total. The van der Waals surface area contributed by atoms with Crippen LogP contribution in [0.15, 0.2) is 132 Å². The van der Waals surface area contributed by atoms with Gasteiger partial charge >= 0.3 is 12.1 Å². The zero-order valence-electron chi connectivity index (χ0n) is 27.6. The Bertz CT molecular complexity index is 1940. The van der Waals surface area contributed by atoms with Crippen LogP contribution in [0.3, 0.4) is 0 Å². The number of benzene rings is 2. The van der Waals surface area contributed by atoms with Crippen molar-refractivity contribution in [3.63, 3.8) is 0 Å². The van der Waals surface area contributed by atoms with Crippen molar-refractivity contribution in [2.45, 2.75) is 51.9 Å². The number of alkyl halides is 3. The van der Waals surface area contributed by atoms with Crippen molar-refractivity contribution in [3.05, 3.63) is 154 Å². The summed E-state index contributed by atoms with van der Waals surface area (Å²) in [6.07, 6.45) is 6.04. The average molecular weight is 665 g/mol. The number of ether oxygens (including phenoxy) is 1. The molecule has 3 aromatic rings. The molecule has 10 heteroatoms. The third kappa shape index (κ3) is 7.73. The minimum Gasteiger partial charge on any atom is -0.456 e. The normalized spacial score (nSPS) is 16.9. The van der Waals surface area contributed by atoms with E-state index in [1.165, 1.54) is 18.3 Å². The predicted octanol–water partition coefficient (Wildman–Crippen LogP) is 8.62. The highest BCUT2D eigenvalue weighted by Crippen LogP contribution is 2.45. The molecule has 2 aliphatic rings. The standard InChI is InChI=1S/C39H35F3N4O3/c1-25-34(36(47)31-12-9-19-44-23-31)35(29-17-15-27(22-43)16-18-29)45(26(2)46(25)33-14-8-13-32(21-33)39(40,41)42)24-28-10-6-7-11-30(20-28)37(48)49-38(3,4)5/h7-21,23,35H,2,6,24H2,1,3-5H3. The van der Waals surface area contributed by atoms with Gasteiger partial charge in [0.05, 0.1) is 28.8 Å². The van der Waals surface area contributed by atoms with Crippen LogP contribution in [-0.4, -0.2) is 33.8 Å². The zero-order valence-corrected chi connectivity index (χ0v) is 27.6. The van der Waals surface area contributed by atoms with Crippen LogP contribution in [0.1, 0.15) is 67.2 Å². The van der Waals surface area contributed by atoms with Gasteiger partial charge < -0.3 is 14.5 Å². The summed E-state index contributed by atoms with van der Waals surface area (Å²) in [5.74, 6) is -0.582. The Balaban J connectivity index is 1.72. The quantitative estimate of drug-likeness (QED) is 0.185. The summed E-state index contributed by atoms with van der Waals surface area (Å²) >= 11 is 0. The lowest BCUT2D eigenvalue weighted by Gasteiger charge is -2.47. The second kappa shape index (κ2) is 13.8. The van der Waals surface area contributed by atoms with Crippen LogP contribution < -0.4 is 4.90 Å². The van der Waals surface area contributed by atoms with Gasteiger partial charge in [-0.1, -0.05) is 43.0 Å². The summed E-state index contributed by atoms with van der Waals surface area (Å²) in [6, 6.07) is 16.2. The first-order valence-electron chi connectivity index (χ1n) is 15.6. The minimum atomic E-state index is -4.61. The van der Waals surface area contributed by atoms with Crippen molar-refractivity contribution in [2.75, 3.05) is 11.4 Å². The Morgan fingerprint density at radius 1 is 1.08 bits per heavy atom. The van der Waals surface area contributed by atoms with E-state index in [0.29, 0.717) is 40.2 Å². The Hall–Kier alpha value is -5.69. The number of nitriles is 1. The van der Waals surface area contributed by atoms with Gasteiger partial charge in [-0.15, -0.1) is 0 Å². The van der Waals surface area contributed by atoms with Crippen LogP contribution in [0.2, 0.25) is 0 Å². The molecule has 0 amide bonds. The van der Waals surface area contributed by atoms with Crippen molar-refractivity contribution in [1.82, 2.24) is 9.88 Å². The van der Waals surface area contributed by atoms with Crippen LogP contribution in [0.5, 0.6) is 0 Å². The average Bonchev–Trinajstić information content (AvgIpc) is 3.31. The molecule has 1 aliphatic heterocycles. The van der Waals surface area contributed by atoms with E-state index in [1.807, 2.05) is 17.1 Å². The lowest BCUT2D eigenvalue weighted by atomic mass is 9.87. The van der Waals surface area contributed by atoms with Crippen LogP contribution in [0.25, 0.3) is 0 Å². The summed E-state index contributed by atoms with van der Waals surface area (Å²) in [5, 5.41) is 9.50. The van der Waals surface area contributed by atoms with E-state index in [9.17, 15) is 28.0 Å². The van der Waals surface area contributed by atoms with Crippen LogP contribution in [0, 0.1) is 11.3 Å². The van der Waals surface area contributed by atoms with E-state index >= 15 is 0 Å². The molecular weight excluding hydrogens is 629 g/mol. The lowest BCUT2D eigenvalue weighted by molar-refractivity contribution is -0.149. The Kier molecular flexibility index (Phi) is 9.76. The fraction of sp³-hybridized carbons (Fsp3) is 0.231. The molecule has 0 saturated carbocycles. The van der Waals surface area contributed by atoms with Gasteiger partial charge in [0.15, 0.2) is 5.78 Å². The third-order valence-corrected chi connectivity index (χ3v) is 8.00. The van der Waals surface area contributed by atoms with Gasteiger partial charge in [-0.2, -0.15) is 18.4 Å². The molecule has 0 saturated heterocycles. The van der Waals surface area contributed by atoms with Gasteiger partial charge in [-0.05, 0) is 93.8 Å². The number of Topliss-reactive ketones (excluding diaryl/α,β-unsaturated/α-hetero) is 1. The summed E-state index contributed by atoms with van der Waals surface area (Å²) in [5.41, 5.74) is 1.63. The molecule has 49 heavy (non-hydrogen) atoms. The Labute approximate surface area is 283 Å². The van der Waals surface area contributed by atoms with E-state index in [1.54, 1.807) is 87.3 Å². The molecule has 1 aliphatic carbocycles. The van der Waals surface area contributed by atoms with Gasteiger partial charge in [0, 0.05) is 41.5 Å². The zero-order chi connectivity index (χ0) is 35.5. The number of allylic oxidation sites excluding steroid dienone is 3. The first kappa shape index (κ1) is 34.6. The number of esters is 1. The summed E-state index contributed by atoms with van der Waals surface area (Å²) in [6.45, 7) is 11.5. The van der Waals surface area contributed by atoms with Gasteiger partial charge in [-0.3, -0.25) is 9.78 Å². The summed E-state index contributed by atoms with van der Waals surface area (Å²) in [7, 11) is 0. The van der Waals surface area contributed by atoms with E-state index < -0.39 is 29.4 Å². The number of ketones is 1. The first-order valence-corrected chi connectivity index (χ1v) is 15.6. The molecule has 2 heterocycles. The molecule has 2 aromatic carbocycles. The number of carbonyl (C=O) groups is 2. The molecule has 5 rings (SSSR count).